The third-order valence-corrected chi connectivity index (χ3v) is 3.79. The first kappa shape index (κ1) is 13.0. The first-order chi connectivity index (χ1) is 8.80. The molecule has 2 rings (SSSR count). The van der Waals surface area contributed by atoms with Gasteiger partial charge in [-0.3, -0.25) is 4.98 Å². The maximum absolute atomic E-state index is 9.53. The quantitative estimate of drug-likeness (QED) is 0.838. The standard InChI is InChI=1S/C14H20N4/c15-8-10-17-12-4-6-14(11-16,7-5-12)13-3-1-2-9-18-13/h1-3,9,12,17H,4-8,10,15H2/t12-,14+. The molecule has 0 amide bonds. The van der Waals surface area contributed by atoms with E-state index in [1.165, 1.54) is 0 Å². The average molecular weight is 244 g/mol. The van der Waals surface area contributed by atoms with Crippen LogP contribution in [-0.4, -0.2) is 24.1 Å². The molecule has 1 fully saturated rings. The van der Waals surface area contributed by atoms with Gasteiger partial charge in [0.1, 0.15) is 0 Å². The Hall–Kier alpha value is -1.44. The monoisotopic (exact) mass is 244 g/mol. The lowest BCUT2D eigenvalue weighted by Gasteiger charge is -2.34. The number of hydrogen-bond acceptors (Lipinski definition) is 4. The molecule has 1 saturated carbocycles. The van der Waals surface area contributed by atoms with E-state index < -0.39 is 0 Å². The van der Waals surface area contributed by atoms with Gasteiger partial charge in [0, 0.05) is 25.3 Å². The summed E-state index contributed by atoms with van der Waals surface area (Å²) in [6.45, 7) is 1.52. The van der Waals surface area contributed by atoms with Crippen molar-refractivity contribution in [2.45, 2.75) is 37.1 Å². The Labute approximate surface area is 108 Å². The van der Waals surface area contributed by atoms with E-state index in [4.69, 9.17) is 5.73 Å². The molecular formula is C14H20N4. The normalized spacial score (nSPS) is 27.7. The van der Waals surface area contributed by atoms with Gasteiger partial charge >= 0.3 is 0 Å². The van der Waals surface area contributed by atoms with Gasteiger partial charge in [-0.25, -0.2) is 0 Å². The third kappa shape index (κ3) is 2.69. The van der Waals surface area contributed by atoms with E-state index in [9.17, 15) is 5.26 Å². The van der Waals surface area contributed by atoms with Gasteiger partial charge in [0.05, 0.1) is 17.2 Å². The Morgan fingerprint density at radius 3 is 2.78 bits per heavy atom. The van der Waals surface area contributed by atoms with Crippen LogP contribution in [0.3, 0.4) is 0 Å². The smallest absolute Gasteiger partial charge is 0.0994 e. The molecule has 1 heterocycles. The molecule has 96 valence electrons. The highest BCUT2D eigenvalue weighted by molar-refractivity contribution is 5.27. The van der Waals surface area contributed by atoms with Crippen molar-refractivity contribution in [1.29, 1.82) is 5.26 Å². The van der Waals surface area contributed by atoms with Gasteiger partial charge in [-0.1, -0.05) is 6.07 Å². The van der Waals surface area contributed by atoms with E-state index in [0.717, 1.165) is 37.9 Å². The molecule has 0 unspecified atom stereocenters. The molecule has 1 aromatic heterocycles. The number of aromatic nitrogens is 1. The highest BCUT2D eigenvalue weighted by Crippen LogP contribution is 2.37. The molecule has 1 aliphatic rings. The van der Waals surface area contributed by atoms with Crippen molar-refractivity contribution in [3.8, 4) is 6.07 Å². The molecule has 0 aromatic carbocycles. The van der Waals surface area contributed by atoms with Crippen LogP contribution in [0, 0.1) is 11.3 Å². The minimum absolute atomic E-state index is 0.387. The van der Waals surface area contributed by atoms with E-state index in [1.54, 1.807) is 6.20 Å². The molecular weight excluding hydrogens is 224 g/mol. The van der Waals surface area contributed by atoms with Crippen molar-refractivity contribution in [3.63, 3.8) is 0 Å². The van der Waals surface area contributed by atoms with Crippen LogP contribution in [0.5, 0.6) is 0 Å². The zero-order chi connectivity index (χ0) is 12.8. The number of rotatable bonds is 4. The van der Waals surface area contributed by atoms with Crippen LogP contribution in [0.1, 0.15) is 31.4 Å². The van der Waals surface area contributed by atoms with Crippen LogP contribution < -0.4 is 11.1 Å². The van der Waals surface area contributed by atoms with Gasteiger partial charge < -0.3 is 11.1 Å². The summed E-state index contributed by atoms with van der Waals surface area (Å²) in [5.41, 5.74) is 6.03. The number of nitriles is 1. The molecule has 1 aliphatic carbocycles. The highest BCUT2D eigenvalue weighted by atomic mass is 14.9. The first-order valence-corrected chi connectivity index (χ1v) is 6.57. The van der Waals surface area contributed by atoms with Crippen LogP contribution in [0.15, 0.2) is 24.4 Å². The summed E-state index contributed by atoms with van der Waals surface area (Å²) in [7, 11) is 0. The molecule has 1 aromatic rings. The topological polar surface area (TPSA) is 74.7 Å². The fraction of sp³-hybridized carbons (Fsp3) is 0.571. The first-order valence-electron chi connectivity index (χ1n) is 6.57. The predicted octanol–water partition coefficient (Wildman–Crippen LogP) is 1.33. The van der Waals surface area contributed by atoms with Crippen LogP contribution in [-0.2, 0) is 5.41 Å². The Kier molecular flexibility index (Phi) is 4.29. The summed E-state index contributed by atoms with van der Waals surface area (Å²) >= 11 is 0. The number of pyridine rings is 1. The number of nitrogens with zero attached hydrogens (tertiary/aromatic N) is 2. The highest BCUT2D eigenvalue weighted by Gasteiger charge is 2.37. The van der Waals surface area contributed by atoms with Gasteiger partial charge in [0.15, 0.2) is 0 Å². The van der Waals surface area contributed by atoms with Crippen LogP contribution in [0.4, 0.5) is 0 Å². The maximum Gasteiger partial charge on any atom is 0.0994 e. The molecule has 0 spiro atoms. The lowest BCUT2D eigenvalue weighted by molar-refractivity contribution is 0.293. The van der Waals surface area contributed by atoms with Crippen molar-refractivity contribution < 1.29 is 0 Å². The second-order valence-electron chi connectivity index (χ2n) is 4.93. The molecule has 4 nitrogen and oxygen atoms in total. The van der Waals surface area contributed by atoms with Crippen molar-refractivity contribution >= 4 is 0 Å². The summed E-state index contributed by atoms with van der Waals surface area (Å²) in [4.78, 5) is 4.37. The number of nitrogens with one attached hydrogen (secondary N) is 1. The molecule has 0 saturated heterocycles. The summed E-state index contributed by atoms with van der Waals surface area (Å²) < 4.78 is 0. The number of nitrogens with two attached hydrogens (primary N) is 1. The van der Waals surface area contributed by atoms with Crippen molar-refractivity contribution in [1.82, 2.24) is 10.3 Å². The fourth-order valence-corrected chi connectivity index (χ4v) is 2.67. The van der Waals surface area contributed by atoms with Crippen LogP contribution >= 0.6 is 0 Å². The third-order valence-electron chi connectivity index (χ3n) is 3.79. The molecule has 0 atom stereocenters. The van der Waals surface area contributed by atoms with E-state index >= 15 is 0 Å². The van der Waals surface area contributed by atoms with Gasteiger partial charge in [-0.15, -0.1) is 0 Å². The average Bonchev–Trinajstić information content (AvgIpc) is 2.46. The fourth-order valence-electron chi connectivity index (χ4n) is 2.67. The number of hydrogen-bond donors (Lipinski definition) is 2. The minimum Gasteiger partial charge on any atom is -0.329 e. The summed E-state index contributed by atoms with van der Waals surface area (Å²) in [5, 5.41) is 13.0. The Morgan fingerprint density at radius 2 is 2.22 bits per heavy atom. The van der Waals surface area contributed by atoms with Gasteiger partial charge in [-0.05, 0) is 37.8 Å². The van der Waals surface area contributed by atoms with Crippen molar-refractivity contribution in [2.75, 3.05) is 13.1 Å². The summed E-state index contributed by atoms with van der Waals surface area (Å²) in [6, 6.07) is 8.81. The molecule has 0 aliphatic heterocycles. The Balaban J connectivity index is 2.03. The van der Waals surface area contributed by atoms with Gasteiger partial charge in [0.25, 0.3) is 0 Å². The summed E-state index contributed by atoms with van der Waals surface area (Å²) in [5.74, 6) is 0. The largest absolute Gasteiger partial charge is 0.329 e. The zero-order valence-corrected chi connectivity index (χ0v) is 10.6. The lowest BCUT2D eigenvalue weighted by Crippen LogP contribution is -2.41. The van der Waals surface area contributed by atoms with E-state index in [-0.39, 0.29) is 5.41 Å². The van der Waals surface area contributed by atoms with E-state index in [2.05, 4.69) is 16.4 Å². The van der Waals surface area contributed by atoms with Gasteiger partial charge in [-0.2, -0.15) is 5.26 Å². The van der Waals surface area contributed by atoms with E-state index in [0.29, 0.717) is 12.6 Å². The lowest BCUT2D eigenvalue weighted by atomic mass is 9.71. The second kappa shape index (κ2) is 5.94. The molecule has 18 heavy (non-hydrogen) atoms. The Morgan fingerprint density at radius 1 is 1.44 bits per heavy atom. The van der Waals surface area contributed by atoms with E-state index in [1.807, 2.05) is 18.2 Å². The van der Waals surface area contributed by atoms with Crippen molar-refractivity contribution in [2.24, 2.45) is 5.73 Å². The van der Waals surface area contributed by atoms with Gasteiger partial charge in [0.2, 0.25) is 0 Å². The van der Waals surface area contributed by atoms with Crippen LogP contribution in [0.25, 0.3) is 0 Å². The predicted molar refractivity (Wildman–Crippen MR) is 70.8 cm³/mol. The molecule has 4 heteroatoms. The SMILES string of the molecule is N#C[C@]1(c2ccccn2)CC[C@@H](NCCN)CC1. The molecule has 0 bridgehead atoms. The molecule has 0 radical (unpaired) electrons. The second-order valence-corrected chi connectivity index (χ2v) is 4.93. The minimum atomic E-state index is -0.387. The summed E-state index contributed by atoms with van der Waals surface area (Å²) in [6.07, 6.45) is 5.56. The Bertz CT molecular complexity index is 402. The van der Waals surface area contributed by atoms with Crippen LogP contribution in [0.2, 0.25) is 0 Å². The van der Waals surface area contributed by atoms with Crippen molar-refractivity contribution in [3.05, 3.63) is 30.1 Å². The zero-order valence-electron chi connectivity index (χ0n) is 10.6. The molecule has 3 N–H and O–H groups in total. The maximum atomic E-state index is 9.53.